The third kappa shape index (κ3) is 4.41. The number of likely N-dealkylation sites (tertiary alicyclic amines) is 2. The van der Waals surface area contributed by atoms with Crippen LogP contribution in [0.3, 0.4) is 0 Å². The van der Waals surface area contributed by atoms with Gasteiger partial charge in [0.25, 0.3) is 0 Å². The van der Waals surface area contributed by atoms with E-state index in [4.69, 9.17) is 0 Å². The zero-order valence-electron chi connectivity index (χ0n) is 16.6. The van der Waals surface area contributed by atoms with Gasteiger partial charge >= 0.3 is 6.03 Å². The van der Waals surface area contributed by atoms with Crippen molar-refractivity contribution in [1.29, 1.82) is 0 Å². The summed E-state index contributed by atoms with van der Waals surface area (Å²) in [6, 6.07) is 0.815. The van der Waals surface area contributed by atoms with Crippen LogP contribution in [-0.2, 0) is 4.79 Å². The van der Waals surface area contributed by atoms with Crippen molar-refractivity contribution < 1.29 is 9.59 Å². The molecule has 1 saturated carbocycles. The van der Waals surface area contributed by atoms with Gasteiger partial charge < -0.3 is 20.4 Å². The van der Waals surface area contributed by atoms with Gasteiger partial charge in [-0.25, -0.2) is 4.79 Å². The minimum absolute atomic E-state index is 0.0148. The highest BCUT2D eigenvalue weighted by atomic mass is 16.2. The summed E-state index contributed by atoms with van der Waals surface area (Å²) in [5.41, 5.74) is 0. The molecule has 3 heterocycles. The summed E-state index contributed by atoms with van der Waals surface area (Å²) in [6.45, 7) is 3.71. The van der Waals surface area contributed by atoms with E-state index < -0.39 is 0 Å². The van der Waals surface area contributed by atoms with Crippen molar-refractivity contribution in [2.45, 2.75) is 88.8 Å². The Hall–Kier alpha value is -1.30. The number of hydrogen-bond donors (Lipinski definition) is 2. The van der Waals surface area contributed by atoms with E-state index in [0.29, 0.717) is 31.0 Å². The summed E-state index contributed by atoms with van der Waals surface area (Å²) in [4.78, 5) is 29.7. The zero-order valence-corrected chi connectivity index (χ0v) is 16.6. The molecular weight excluding hydrogens is 340 g/mol. The molecule has 0 radical (unpaired) electrons. The molecule has 3 saturated heterocycles. The van der Waals surface area contributed by atoms with E-state index in [1.807, 2.05) is 0 Å². The van der Waals surface area contributed by atoms with Crippen LogP contribution in [0.25, 0.3) is 0 Å². The summed E-state index contributed by atoms with van der Waals surface area (Å²) in [5.74, 6) is 0.813. The van der Waals surface area contributed by atoms with Crippen LogP contribution >= 0.6 is 0 Å². The Labute approximate surface area is 163 Å². The minimum Gasteiger partial charge on any atom is -0.338 e. The van der Waals surface area contributed by atoms with Gasteiger partial charge in [0.05, 0.1) is 6.04 Å². The first-order chi connectivity index (χ1) is 13.2. The van der Waals surface area contributed by atoms with Crippen LogP contribution in [0.1, 0.15) is 70.6 Å². The van der Waals surface area contributed by atoms with Crippen molar-refractivity contribution >= 4 is 11.9 Å². The molecule has 3 aliphatic heterocycles. The van der Waals surface area contributed by atoms with E-state index in [1.165, 1.54) is 38.5 Å². The van der Waals surface area contributed by atoms with Gasteiger partial charge in [-0.2, -0.15) is 0 Å². The number of nitrogens with one attached hydrogen (secondary N) is 2. The van der Waals surface area contributed by atoms with Crippen molar-refractivity contribution in [3.8, 4) is 0 Å². The van der Waals surface area contributed by atoms with Gasteiger partial charge in [0.15, 0.2) is 0 Å². The standard InChI is InChI=1S/C21H36N4O2/c26-20-13-17(15-25(20)18-8-2-1-3-9-18)23-21(27)24-12-5-4-10-19(24)16-7-6-11-22-14-16/h16-19,22H,1-15H2,(H,23,27). The Morgan fingerprint density at radius 3 is 2.59 bits per heavy atom. The highest BCUT2D eigenvalue weighted by Crippen LogP contribution is 2.29. The van der Waals surface area contributed by atoms with E-state index in [1.54, 1.807) is 0 Å². The maximum absolute atomic E-state index is 13.1. The minimum atomic E-state index is -0.0148. The van der Waals surface area contributed by atoms with E-state index in [0.717, 1.165) is 45.3 Å². The molecule has 4 aliphatic rings. The quantitative estimate of drug-likeness (QED) is 0.795. The van der Waals surface area contributed by atoms with Crippen LogP contribution in [-0.4, -0.2) is 66.0 Å². The lowest BCUT2D eigenvalue weighted by Crippen LogP contribution is -2.55. The molecule has 2 N–H and O–H groups in total. The van der Waals surface area contributed by atoms with E-state index >= 15 is 0 Å². The summed E-state index contributed by atoms with van der Waals surface area (Å²) in [7, 11) is 0. The molecule has 152 valence electrons. The zero-order chi connectivity index (χ0) is 18.6. The molecule has 4 rings (SSSR count). The Morgan fingerprint density at radius 1 is 1.00 bits per heavy atom. The largest absolute Gasteiger partial charge is 0.338 e. The summed E-state index contributed by atoms with van der Waals surface area (Å²) in [5, 5.41) is 6.72. The molecule has 3 unspecified atom stereocenters. The van der Waals surface area contributed by atoms with Gasteiger partial charge in [-0.1, -0.05) is 19.3 Å². The lowest BCUT2D eigenvalue weighted by Gasteiger charge is -2.42. The predicted molar refractivity (Wildman–Crippen MR) is 105 cm³/mol. The second-order valence-corrected chi connectivity index (χ2v) is 9.05. The molecular formula is C21H36N4O2. The van der Waals surface area contributed by atoms with Gasteiger partial charge in [-0.3, -0.25) is 4.79 Å². The van der Waals surface area contributed by atoms with Crippen LogP contribution in [0, 0.1) is 5.92 Å². The first-order valence-electron chi connectivity index (χ1n) is 11.3. The summed E-state index contributed by atoms with van der Waals surface area (Å²) in [6.07, 6.45) is 12.4. The molecule has 0 bridgehead atoms. The van der Waals surface area contributed by atoms with Crippen molar-refractivity contribution in [2.24, 2.45) is 5.92 Å². The fraction of sp³-hybridized carbons (Fsp3) is 0.905. The van der Waals surface area contributed by atoms with Crippen LogP contribution in [0.2, 0.25) is 0 Å². The Kier molecular flexibility index (Phi) is 6.21. The van der Waals surface area contributed by atoms with Gasteiger partial charge in [0, 0.05) is 31.6 Å². The number of rotatable bonds is 3. The summed E-state index contributed by atoms with van der Waals surface area (Å²) < 4.78 is 0. The average molecular weight is 377 g/mol. The van der Waals surface area contributed by atoms with E-state index in [-0.39, 0.29) is 18.0 Å². The van der Waals surface area contributed by atoms with Gasteiger partial charge in [0.1, 0.15) is 0 Å². The normalized spacial score (nSPS) is 33.3. The number of piperidine rings is 2. The number of nitrogens with zero attached hydrogens (tertiary/aromatic N) is 2. The van der Waals surface area contributed by atoms with Crippen molar-refractivity contribution in [1.82, 2.24) is 20.4 Å². The van der Waals surface area contributed by atoms with Crippen LogP contribution in [0.5, 0.6) is 0 Å². The molecule has 4 fully saturated rings. The third-order valence-electron chi connectivity index (χ3n) is 7.19. The van der Waals surface area contributed by atoms with Crippen molar-refractivity contribution in [3.63, 3.8) is 0 Å². The Morgan fingerprint density at radius 2 is 1.81 bits per heavy atom. The molecule has 0 aromatic heterocycles. The lowest BCUT2D eigenvalue weighted by molar-refractivity contribution is -0.130. The van der Waals surface area contributed by atoms with Crippen LogP contribution in [0.15, 0.2) is 0 Å². The number of amides is 3. The molecule has 6 nitrogen and oxygen atoms in total. The van der Waals surface area contributed by atoms with E-state index in [2.05, 4.69) is 20.4 Å². The lowest BCUT2D eigenvalue weighted by atomic mass is 9.85. The fourth-order valence-electron chi connectivity index (χ4n) is 5.74. The third-order valence-corrected chi connectivity index (χ3v) is 7.19. The molecule has 0 spiro atoms. The van der Waals surface area contributed by atoms with Gasteiger partial charge in [-0.15, -0.1) is 0 Å². The molecule has 0 aromatic carbocycles. The summed E-state index contributed by atoms with van der Waals surface area (Å²) >= 11 is 0. The molecule has 3 atom stereocenters. The first kappa shape index (κ1) is 19.0. The maximum atomic E-state index is 13.1. The fourth-order valence-corrected chi connectivity index (χ4v) is 5.74. The first-order valence-corrected chi connectivity index (χ1v) is 11.3. The molecule has 6 heteroatoms. The smallest absolute Gasteiger partial charge is 0.317 e. The number of urea groups is 1. The van der Waals surface area contributed by atoms with Crippen LogP contribution < -0.4 is 10.6 Å². The molecule has 0 aromatic rings. The Bertz CT molecular complexity index is 528. The maximum Gasteiger partial charge on any atom is 0.317 e. The predicted octanol–water partition coefficient (Wildman–Crippen LogP) is 2.48. The van der Waals surface area contributed by atoms with Crippen LogP contribution in [0.4, 0.5) is 4.79 Å². The number of hydrogen-bond acceptors (Lipinski definition) is 3. The van der Waals surface area contributed by atoms with Crippen molar-refractivity contribution in [2.75, 3.05) is 26.2 Å². The second kappa shape index (κ2) is 8.80. The number of carbonyl (C=O) groups excluding carboxylic acids is 2. The average Bonchev–Trinajstić information content (AvgIpc) is 3.09. The van der Waals surface area contributed by atoms with Gasteiger partial charge in [0.2, 0.25) is 5.91 Å². The number of carbonyl (C=O) groups is 2. The SMILES string of the molecule is O=C1CC(NC(=O)N2CCCCC2C2CCCNC2)CN1C1CCCCC1. The Balaban J connectivity index is 1.34. The molecule has 27 heavy (non-hydrogen) atoms. The second-order valence-electron chi connectivity index (χ2n) is 9.05. The molecule has 1 aliphatic carbocycles. The monoisotopic (exact) mass is 376 g/mol. The van der Waals surface area contributed by atoms with Gasteiger partial charge in [-0.05, 0) is 64.0 Å². The topological polar surface area (TPSA) is 64.7 Å². The highest BCUT2D eigenvalue weighted by Gasteiger charge is 2.38. The van der Waals surface area contributed by atoms with Crippen molar-refractivity contribution in [3.05, 3.63) is 0 Å². The highest BCUT2D eigenvalue weighted by molar-refractivity contribution is 5.82. The molecule has 3 amide bonds. The van der Waals surface area contributed by atoms with E-state index in [9.17, 15) is 9.59 Å².